The Labute approximate surface area is 95.6 Å². The van der Waals surface area contributed by atoms with Gasteiger partial charge in [-0.15, -0.1) is 0 Å². The average molecular weight is 212 g/mol. The Morgan fingerprint density at radius 1 is 1.07 bits per heavy atom. The van der Waals surface area contributed by atoms with E-state index < -0.39 is 0 Å². The van der Waals surface area contributed by atoms with Gasteiger partial charge in [-0.2, -0.15) is 0 Å². The highest BCUT2D eigenvalue weighted by Gasteiger charge is 2.44. The fraction of sp³-hybridized carbons (Fsp3) is 1.00. The second-order valence-electron chi connectivity index (χ2n) is 5.22. The average Bonchev–Trinajstić information content (AvgIpc) is 2.76. The van der Waals surface area contributed by atoms with Crippen molar-refractivity contribution in [2.24, 2.45) is 5.41 Å². The van der Waals surface area contributed by atoms with Crippen LogP contribution in [0.15, 0.2) is 0 Å². The number of rotatable bonds is 4. The van der Waals surface area contributed by atoms with E-state index in [1.807, 2.05) is 13.8 Å². The summed E-state index contributed by atoms with van der Waals surface area (Å²) in [6, 6.07) is 0. The maximum atomic E-state index is 2.66. The summed E-state index contributed by atoms with van der Waals surface area (Å²) in [5, 5.41) is 0. The molecule has 1 aliphatic heterocycles. The van der Waals surface area contributed by atoms with Gasteiger partial charge in [-0.05, 0) is 58.3 Å². The highest BCUT2D eigenvalue weighted by molar-refractivity contribution is 4.97. The van der Waals surface area contributed by atoms with Gasteiger partial charge >= 0.3 is 0 Å². The fourth-order valence-corrected chi connectivity index (χ4v) is 2.63. The van der Waals surface area contributed by atoms with Crippen molar-refractivity contribution in [3.05, 3.63) is 0 Å². The molecule has 2 nitrogen and oxygen atoms in total. The monoisotopic (exact) mass is 212 g/mol. The van der Waals surface area contributed by atoms with Crippen molar-refractivity contribution in [3.63, 3.8) is 0 Å². The predicted octanol–water partition coefficient (Wildman–Crippen LogP) is 2.45. The van der Waals surface area contributed by atoms with Crippen LogP contribution in [0.4, 0.5) is 0 Å². The Kier molecular flexibility index (Phi) is 5.07. The van der Waals surface area contributed by atoms with Gasteiger partial charge in [0.2, 0.25) is 0 Å². The number of hydrogen-bond donors (Lipinski definition) is 0. The highest BCUT2D eigenvalue weighted by Crippen LogP contribution is 2.46. The van der Waals surface area contributed by atoms with Crippen LogP contribution in [0, 0.1) is 5.41 Å². The summed E-state index contributed by atoms with van der Waals surface area (Å²) in [6.07, 6.45) is 5.78. The Bertz CT molecular complexity index is 167. The Morgan fingerprint density at radius 3 is 2.00 bits per heavy atom. The molecule has 2 heteroatoms. The van der Waals surface area contributed by atoms with Gasteiger partial charge in [-0.3, -0.25) is 0 Å². The molecule has 0 bridgehead atoms. The third kappa shape index (κ3) is 4.12. The lowest BCUT2D eigenvalue weighted by atomic mass is 10.1. The third-order valence-corrected chi connectivity index (χ3v) is 3.37. The van der Waals surface area contributed by atoms with Gasteiger partial charge in [0.25, 0.3) is 0 Å². The molecular formula is C13H28N2. The standard InChI is InChI=1S/C11H22N2.C2H6/c1-12(2)9-11(5-6-11)10-13-7-3-4-8-13;1-2/h3-10H2,1-2H3;1-2H3. The lowest BCUT2D eigenvalue weighted by Crippen LogP contribution is -2.34. The van der Waals surface area contributed by atoms with Crippen LogP contribution in [0.3, 0.4) is 0 Å². The van der Waals surface area contributed by atoms with Crippen molar-refractivity contribution in [2.75, 3.05) is 40.3 Å². The summed E-state index contributed by atoms with van der Waals surface area (Å²) >= 11 is 0. The molecule has 0 radical (unpaired) electrons. The molecule has 0 spiro atoms. The van der Waals surface area contributed by atoms with Crippen molar-refractivity contribution in [2.45, 2.75) is 39.5 Å². The minimum absolute atomic E-state index is 0.688. The largest absolute Gasteiger partial charge is 0.309 e. The molecular weight excluding hydrogens is 184 g/mol. The minimum Gasteiger partial charge on any atom is -0.309 e. The lowest BCUT2D eigenvalue weighted by Gasteiger charge is -2.25. The summed E-state index contributed by atoms with van der Waals surface area (Å²) in [5.41, 5.74) is 0.688. The van der Waals surface area contributed by atoms with E-state index in [4.69, 9.17) is 0 Å². The van der Waals surface area contributed by atoms with Crippen LogP contribution in [0.2, 0.25) is 0 Å². The molecule has 0 aromatic rings. The van der Waals surface area contributed by atoms with Crippen LogP contribution in [-0.4, -0.2) is 50.1 Å². The molecule has 90 valence electrons. The first-order valence-corrected chi connectivity index (χ1v) is 6.57. The molecule has 0 aromatic carbocycles. The van der Waals surface area contributed by atoms with Crippen LogP contribution in [0.5, 0.6) is 0 Å². The first kappa shape index (κ1) is 13.0. The molecule has 0 unspecified atom stereocenters. The van der Waals surface area contributed by atoms with Gasteiger partial charge in [0, 0.05) is 13.1 Å². The predicted molar refractivity (Wildman–Crippen MR) is 67.2 cm³/mol. The van der Waals surface area contributed by atoms with Crippen LogP contribution in [0.25, 0.3) is 0 Å². The van der Waals surface area contributed by atoms with Crippen molar-refractivity contribution in [1.29, 1.82) is 0 Å². The van der Waals surface area contributed by atoms with Gasteiger partial charge in [0.1, 0.15) is 0 Å². The lowest BCUT2D eigenvalue weighted by molar-refractivity contribution is 0.217. The topological polar surface area (TPSA) is 6.48 Å². The molecule has 1 heterocycles. The van der Waals surface area contributed by atoms with Gasteiger partial charge in [-0.1, -0.05) is 13.8 Å². The zero-order chi connectivity index (χ0) is 11.3. The summed E-state index contributed by atoms with van der Waals surface area (Å²) in [7, 11) is 4.40. The molecule has 1 saturated carbocycles. The highest BCUT2D eigenvalue weighted by atomic mass is 15.2. The van der Waals surface area contributed by atoms with E-state index in [-0.39, 0.29) is 0 Å². The molecule has 1 saturated heterocycles. The molecule has 0 atom stereocenters. The third-order valence-electron chi connectivity index (χ3n) is 3.37. The van der Waals surface area contributed by atoms with Gasteiger partial charge in [0.15, 0.2) is 0 Å². The molecule has 1 aliphatic carbocycles. The first-order chi connectivity index (χ1) is 7.20. The Balaban J connectivity index is 0.000000531. The van der Waals surface area contributed by atoms with Gasteiger partial charge in [-0.25, -0.2) is 0 Å². The molecule has 0 aromatic heterocycles. The van der Waals surface area contributed by atoms with E-state index in [1.54, 1.807) is 0 Å². The van der Waals surface area contributed by atoms with Crippen LogP contribution >= 0.6 is 0 Å². The van der Waals surface area contributed by atoms with Crippen LogP contribution < -0.4 is 0 Å². The number of hydrogen-bond acceptors (Lipinski definition) is 2. The van der Waals surface area contributed by atoms with Crippen LogP contribution in [0.1, 0.15) is 39.5 Å². The zero-order valence-corrected chi connectivity index (χ0v) is 11.1. The van der Waals surface area contributed by atoms with Crippen LogP contribution in [-0.2, 0) is 0 Å². The Morgan fingerprint density at radius 2 is 1.60 bits per heavy atom. The van der Waals surface area contributed by atoms with E-state index in [0.29, 0.717) is 5.41 Å². The number of nitrogens with zero attached hydrogens (tertiary/aromatic N) is 2. The molecule has 2 rings (SSSR count). The maximum Gasteiger partial charge on any atom is 0.00502 e. The fourth-order valence-electron chi connectivity index (χ4n) is 2.63. The second kappa shape index (κ2) is 5.86. The maximum absolute atomic E-state index is 2.66. The summed E-state index contributed by atoms with van der Waals surface area (Å²) < 4.78 is 0. The smallest absolute Gasteiger partial charge is 0.00502 e. The van der Waals surface area contributed by atoms with E-state index in [2.05, 4.69) is 23.9 Å². The van der Waals surface area contributed by atoms with E-state index in [9.17, 15) is 0 Å². The zero-order valence-electron chi connectivity index (χ0n) is 11.1. The Hall–Kier alpha value is -0.0800. The van der Waals surface area contributed by atoms with Crippen molar-refractivity contribution >= 4 is 0 Å². The quantitative estimate of drug-likeness (QED) is 0.706. The van der Waals surface area contributed by atoms with Crippen molar-refractivity contribution < 1.29 is 0 Å². The summed E-state index contributed by atoms with van der Waals surface area (Å²) in [4.78, 5) is 5.01. The second-order valence-corrected chi connectivity index (χ2v) is 5.22. The van der Waals surface area contributed by atoms with E-state index in [0.717, 1.165) is 0 Å². The van der Waals surface area contributed by atoms with E-state index >= 15 is 0 Å². The molecule has 2 fully saturated rings. The number of likely N-dealkylation sites (tertiary alicyclic amines) is 1. The molecule has 0 amide bonds. The molecule has 0 N–H and O–H groups in total. The first-order valence-electron chi connectivity index (χ1n) is 6.57. The molecule has 2 aliphatic rings. The summed E-state index contributed by atoms with van der Waals surface area (Å²) in [5.74, 6) is 0. The van der Waals surface area contributed by atoms with E-state index in [1.165, 1.54) is 51.9 Å². The van der Waals surface area contributed by atoms with Gasteiger partial charge < -0.3 is 9.80 Å². The summed E-state index contributed by atoms with van der Waals surface area (Å²) in [6.45, 7) is 9.37. The molecule has 15 heavy (non-hydrogen) atoms. The van der Waals surface area contributed by atoms with Crippen molar-refractivity contribution in [3.8, 4) is 0 Å². The minimum atomic E-state index is 0.688. The van der Waals surface area contributed by atoms with Gasteiger partial charge in [0.05, 0.1) is 0 Å². The normalized spacial score (nSPS) is 23.8. The van der Waals surface area contributed by atoms with Crippen molar-refractivity contribution in [1.82, 2.24) is 9.80 Å². The SMILES string of the molecule is CC.CN(C)CC1(CN2CCCC2)CC1.